The Labute approximate surface area is 234 Å². The highest BCUT2D eigenvalue weighted by molar-refractivity contribution is 6.37. The van der Waals surface area contributed by atoms with E-state index in [1.165, 1.54) is 35.5 Å². The van der Waals surface area contributed by atoms with Crippen LogP contribution in [0.5, 0.6) is 5.75 Å². The number of nitrogens with zero attached hydrogens (tertiary/aromatic N) is 3. The number of hydrogen-bond donors (Lipinski definition) is 1. The molecule has 0 atom stereocenters. The lowest BCUT2D eigenvalue weighted by Gasteiger charge is -2.22. The van der Waals surface area contributed by atoms with Crippen molar-refractivity contribution in [2.45, 2.75) is 38.0 Å². The lowest BCUT2D eigenvalue weighted by Crippen LogP contribution is -2.25. The number of para-hydroxylation sites is 2. The highest BCUT2D eigenvalue weighted by Gasteiger charge is 2.22. The Morgan fingerprint density at radius 2 is 1.77 bits per heavy atom. The molecule has 0 aliphatic heterocycles. The summed E-state index contributed by atoms with van der Waals surface area (Å²) < 4.78 is 20.7. The van der Waals surface area contributed by atoms with Crippen LogP contribution in [0, 0.1) is 5.82 Å². The molecule has 0 spiro atoms. The fraction of sp³-hybridized carbons (Fsp3) is 0.241. The molecule has 1 fully saturated rings. The first-order chi connectivity index (χ1) is 18.9. The number of aromatic nitrogens is 2. The molecule has 0 radical (unpaired) electrons. The fourth-order valence-corrected chi connectivity index (χ4v) is 5.29. The van der Waals surface area contributed by atoms with Gasteiger partial charge in [0.15, 0.2) is 12.4 Å². The van der Waals surface area contributed by atoms with Crippen molar-refractivity contribution >= 4 is 51.9 Å². The van der Waals surface area contributed by atoms with Crippen molar-refractivity contribution in [1.82, 2.24) is 9.66 Å². The number of anilines is 1. The molecule has 1 saturated carbocycles. The molecule has 1 aromatic heterocycles. The van der Waals surface area contributed by atoms with E-state index in [-0.39, 0.29) is 33.0 Å². The minimum atomic E-state index is -0.573. The van der Waals surface area contributed by atoms with E-state index in [1.54, 1.807) is 30.3 Å². The molecule has 1 aliphatic rings. The van der Waals surface area contributed by atoms with Gasteiger partial charge in [-0.25, -0.2) is 9.37 Å². The van der Waals surface area contributed by atoms with Crippen molar-refractivity contribution < 1.29 is 13.9 Å². The van der Waals surface area contributed by atoms with E-state index >= 15 is 0 Å². The minimum absolute atomic E-state index is 0.0425. The van der Waals surface area contributed by atoms with Crippen LogP contribution in [0.2, 0.25) is 10.0 Å². The summed E-state index contributed by atoms with van der Waals surface area (Å²) in [5, 5.41) is 7.73. The van der Waals surface area contributed by atoms with Gasteiger partial charge >= 0.3 is 0 Å². The number of hydrogen-bond acceptors (Lipinski definition) is 5. The molecule has 0 saturated heterocycles. The summed E-state index contributed by atoms with van der Waals surface area (Å²) in [6.45, 7) is -0.426. The predicted octanol–water partition coefficient (Wildman–Crippen LogP) is 6.79. The number of amides is 1. The van der Waals surface area contributed by atoms with Crippen molar-refractivity contribution in [2.75, 3.05) is 11.9 Å². The number of benzene rings is 3. The van der Waals surface area contributed by atoms with Gasteiger partial charge in [0, 0.05) is 5.92 Å². The zero-order valence-corrected chi connectivity index (χ0v) is 22.4. The van der Waals surface area contributed by atoms with Crippen LogP contribution in [0.1, 0.15) is 49.4 Å². The molecule has 1 heterocycles. The summed E-state index contributed by atoms with van der Waals surface area (Å²) in [6, 6.07) is 16.2. The summed E-state index contributed by atoms with van der Waals surface area (Å²) >= 11 is 12.8. The van der Waals surface area contributed by atoms with Crippen LogP contribution in [-0.4, -0.2) is 28.4 Å². The standard InChI is InChI=1S/C29H25Cl2FN4O3/c30-21-14-18(15-22(31)27(21)39-17-26(37)34-25-13-7-5-11-23(25)32)16-33-36-28(19-8-2-1-3-9-19)35-24-12-6-4-10-20(24)29(36)38/h4-7,10-16,19H,1-3,8-9,17H2,(H,34,37). The molecule has 200 valence electrons. The van der Waals surface area contributed by atoms with E-state index < -0.39 is 18.3 Å². The van der Waals surface area contributed by atoms with E-state index in [0.29, 0.717) is 22.3 Å². The molecule has 0 unspecified atom stereocenters. The normalized spacial score (nSPS) is 14.1. The molecule has 1 amide bonds. The summed E-state index contributed by atoms with van der Waals surface area (Å²) in [5.41, 5.74) is 0.986. The molecule has 5 rings (SSSR count). The molecule has 1 N–H and O–H groups in total. The molecule has 39 heavy (non-hydrogen) atoms. The third-order valence-corrected chi connectivity index (χ3v) is 7.15. The highest BCUT2D eigenvalue weighted by Crippen LogP contribution is 2.34. The molecule has 10 heteroatoms. The van der Waals surface area contributed by atoms with E-state index in [4.69, 9.17) is 32.9 Å². The zero-order valence-electron chi connectivity index (χ0n) is 20.9. The molecular formula is C29H25Cl2FN4O3. The van der Waals surface area contributed by atoms with Gasteiger partial charge in [0.05, 0.1) is 32.9 Å². The van der Waals surface area contributed by atoms with Crippen LogP contribution >= 0.6 is 23.2 Å². The van der Waals surface area contributed by atoms with Crippen LogP contribution in [-0.2, 0) is 4.79 Å². The van der Waals surface area contributed by atoms with Crippen LogP contribution in [0.15, 0.2) is 70.6 Å². The molecule has 7 nitrogen and oxygen atoms in total. The first-order valence-electron chi connectivity index (χ1n) is 12.6. The Hall–Kier alpha value is -3.75. The Balaban J connectivity index is 1.38. The highest BCUT2D eigenvalue weighted by atomic mass is 35.5. The van der Waals surface area contributed by atoms with E-state index in [0.717, 1.165) is 25.7 Å². The number of nitrogens with one attached hydrogen (secondary N) is 1. The van der Waals surface area contributed by atoms with Gasteiger partial charge in [-0.2, -0.15) is 9.78 Å². The molecule has 4 aromatic rings. The lowest BCUT2D eigenvalue weighted by molar-refractivity contribution is -0.118. The first-order valence-corrected chi connectivity index (χ1v) is 13.4. The van der Waals surface area contributed by atoms with E-state index in [9.17, 15) is 14.0 Å². The van der Waals surface area contributed by atoms with Crippen molar-refractivity contribution in [3.05, 3.63) is 98.3 Å². The maximum atomic E-state index is 13.8. The summed E-state index contributed by atoms with van der Waals surface area (Å²) in [4.78, 5) is 30.4. The van der Waals surface area contributed by atoms with Crippen LogP contribution in [0.4, 0.5) is 10.1 Å². The Kier molecular flexibility index (Phi) is 8.24. The summed E-state index contributed by atoms with van der Waals surface area (Å²) in [6.07, 6.45) is 6.75. The van der Waals surface area contributed by atoms with Crippen molar-refractivity contribution in [3.63, 3.8) is 0 Å². The second-order valence-electron chi connectivity index (χ2n) is 9.31. The smallest absolute Gasteiger partial charge is 0.282 e. The third-order valence-electron chi connectivity index (χ3n) is 6.59. The average molecular weight is 567 g/mol. The molecule has 1 aliphatic carbocycles. The van der Waals surface area contributed by atoms with Gasteiger partial charge in [-0.1, -0.05) is 66.7 Å². The number of carbonyl (C=O) groups is 1. The maximum Gasteiger partial charge on any atom is 0.282 e. The molecular weight excluding hydrogens is 542 g/mol. The van der Waals surface area contributed by atoms with E-state index in [2.05, 4.69) is 10.4 Å². The van der Waals surface area contributed by atoms with Gasteiger partial charge in [-0.05, 0) is 54.8 Å². The molecule has 0 bridgehead atoms. The number of halogens is 3. The van der Waals surface area contributed by atoms with E-state index in [1.807, 2.05) is 12.1 Å². The number of ether oxygens (including phenoxy) is 1. The van der Waals surface area contributed by atoms with Gasteiger partial charge in [0.25, 0.3) is 11.5 Å². The van der Waals surface area contributed by atoms with Gasteiger partial charge in [0.2, 0.25) is 0 Å². The average Bonchev–Trinajstić information content (AvgIpc) is 2.94. The van der Waals surface area contributed by atoms with Gasteiger partial charge in [0.1, 0.15) is 11.6 Å². The Bertz CT molecular complexity index is 1590. The maximum absolute atomic E-state index is 13.8. The topological polar surface area (TPSA) is 85.6 Å². The molecule has 3 aromatic carbocycles. The Morgan fingerprint density at radius 1 is 1.08 bits per heavy atom. The minimum Gasteiger partial charge on any atom is -0.481 e. The fourth-order valence-electron chi connectivity index (χ4n) is 4.68. The van der Waals surface area contributed by atoms with Gasteiger partial charge in [-0.15, -0.1) is 0 Å². The van der Waals surface area contributed by atoms with Crippen molar-refractivity contribution in [2.24, 2.45) is 5.10 Å². The second kappa shape index (κ2) is 12.0. The van der Waals surface area contributed by atoms with Crippen molar-refractivity contribution in [1.29, 1.82) is 0 Å². The largest absolute Gasteiger partial charge is 0.481 e. The number of fused-ring (bicyclic) bond motifs is 1. The SMILES string of the molecule is O=C(COc1c(Cl)cc(C=Nn2c(C3CCCCC3)nc3ccccc3c2=O)cc1Cl)Nc1ccccc1F. The zero-order chi connectivity index (χ0) is 27.4. The third kappa shape index (κ3) is 6.13. The lowest BCUT2D eigenvalue weighted by atomic mass is 9.88. The summed E-state index contributed by atoms with van der Waals surface area (Å²) in [7, 11) is 0. The van der Waals surface area contributed by atoms with Crippen LogP contribution in [0.3, 0.4) is 0 Å². The quantitative estimate of drug-likeness (QED) is 0.249. The van der Waals surface area contributed by atoms with Gasteiger partial charge in [-0.3, -0.25) is 9.59 Å². The Morgan fingerprint density at radius 3 is 2.51 bits per heavy atom. The second-order valence-corrected chi connectivity index (χ2v) is 10.1. The number of rotatable bonds is 7. The van der Waals surface area contributed by atoms with Crippen LogP contribution in [0.25, 0.3) is 10.9 Å². The van der Waals surface area contributed by atoms with Crippen LogP contribution < -0.4 is 15.6 Å². The predicted molar refractivity (Wildman–Crippen MR) is 152 cm³/mol. The summed E-state index contributed by atoms with van der Waals surface area (Å²) in [5.74, 6) is -0.236. The van der Waals surface area contributed by atoms with Crippen molar-refractivity contribution in [3.8, 4) is 5.75 Å². The first kappa shape index (κ1) is 26.8. The van der Waals surface area contributed by atoms with Gasteiger partial charge < -0.3 is 10.1 Å². The monoisotopic (exact) mass is 566 g/mol. The number of carbonyl (C=O) groups excluding carboxylic acids is 1.